The van der Waals surface area contributed by atoms with Gasteiger partial charge in [0.1, 0.15) is 0 Å². The molecule has 0 heterocycles. The third-order valence-corrected chi connectivity index (χ3v) is 2.44. The molecule has 0 unspecified atom stereocenters. The fourth-order valence-corrected chi connectivity index (χ4v) is 1.38. The van der Waals surface area contributed by atoms with Crippen LogP contribution < -0.4 is 5.32 Å². The van der Waals surface area contributed by atoms with Gasteiger partial charge in [-0.05, 0) is 33.5 Å². The van der Waals surface area contributed by atoms with Gasteiger partial charge in [0.25, 0.3) is 0 Å². The summed E-state index contributed by atoms with van der Waals surface area (Å²) in [6.45, 7) is 4.23. The summed E-state index contributed by atoms with van der Waals surface area (Å²) in [6, 6.07) is 0. The predicted octanol–water partition coefficient (Wildman–Crippen LogP) is -0.180. The SMILES string of the molecule is C=C(COS(=O)(=O)O)C(=O)NCCCCN(C)C. The molecule has 1 amide bonds. The normalized spacial score (nSPS) is 11.6. The van der Waals surface area contributed by atoms with Crippen LogP contribution in [0.15, 0.2) is 12.2 Å². The number of rotatable bonds is 9. The Morgan fingerprint density at radius 3 is 2.50 bits per heavy atom. The Morgan fingerprint density at radius 1 is 1.39 bits per heavy atom. The number of amides is 1. The molecule has 0 rings (SSSR count). The van der Waals surface area contributed by atoms with Gasteiger partial charge in [-0.3, -0.25) is 9.35 Å². The molecule has 0 radical (unpaired) electrons. The first kappa shape index (κ1) is 17.0. The molecule has 0 aromatic carbocycles. The first-order valence-electron chi connectivity index (χ1n) is 5.45. The first-order chi connectivity index (χ1) is 8.22. The van der Waals surface area contributed by atoms with E-state index in [1.54, 1.807) is 0 Å². The highest BCUT2D eigenvalue weighted by Gasteiger charge is 2.11. The van der Waals surface area contributed by atoms with Gasteiger partial charge in [0.15, 0.2) is 0 Å². The van der Waals surface area contributed by atoms with Crippen LogP contribution in [0.5, 0.6) is 0 Å². The molecule has 0 atom stereocenters. The lowest BCUT2D eigenvalue weighted by Gasteiger charge is -2.10. The summed E-state index contributed by atoms with van der Waals surface area (Å²) in [5.74, 6) is -0.483. The van der Waals surface area contributed by atoms with Gasteiger partial charge in [0, 0.05) is 12.1 Å². The van der Waals surface area contributed by atoms with Crippen LogP contribution in [0.2, 0.25) is 0 Å². The van der Waals surface area contributed by atoms with Crippen molar-refractivity contribution in [1.82, 2.24) is 10.2 Å². The maximum Gasteiger partial charge on any atom is 0.397 e. The molecule has 0 aliphatic carbocycles. The molecule has 0 aliphatic rings. The van der Waals surface area contributed by atoms with E-state index in [9.17, 15) is 13.2 Å². The molecule has 7 nitrogen and oxygen atoms in total. The van der Waals surface area contributed by atoms with Crippen LogP contribution in [0, 0.1) is 0 Å². The van der Waals surface area contributed by atoms with Crippen molar-refractivity contribution in [2.24, 2.45) is 0 Å². The maximum atomic E-state index is 11.4. The van der Waals surface area contributed by atoms with Crippen LogP contribution in [-0.4, -0.2) is 57.6 Å². The van der Waals surface area contributed by atoms with E-state index in [4.69, 9.17) is 4.55 Å². The molecule has 0 spiro atoms. The van der Waals surface area contributed by atoms with Gasteiger partial charge in [-0.15, -0.1) is 0 Å². The molecule has 0 fully saturated rings. The Kier molecular flexibility index (Phi) is 7.76. The topological polar surface area (TPSA) is 95.9 Å². The molecule has 106 valence electrons. The van der Waals surface area contributed by atoms with Crippen LogP contribution >= 0.6 is 0 Å². The van der Waals surface area contributed by atoms with E-state index in [-0.39, 0.29) is 5.57 Å². The van der Waals surface area contributed by atoms with E-state index in [1.807, 2.05) is 19.0 Å². The van der Waals surface area contributed by atoms with Crippen LogP contribution in [0.4, 0.5) is 0 Å². The third-order valence-electron chi connectivity index (χ3n) is 2.02. The van der Waals surface area contributed by atoms with Gasteiger partial charge in [0.05, 0.1) is 6.61 Å². The predicted molar refractivity (Wildman–Crippen MR) is 67.4 cm³/mol. The van der Waals surface area contributed by atoms with Crippen LogP contribution in [0.3, 0.4) is 0 Å². The second kappa shape index (κ2) is 8.20. The summed E-state index contributed by atoms with van der Waals surface area (Å²) in [5.41, 5.74) is -0.0553. The van der Waals surface area contributed by atoms with Crippen LogP contribution in [0.1, 0.15) is 12.8 Å². The van der Waals surface area contributed by atoms with E-state index in [0.29, 0.717) is 6.54 Å². The van der Waals surface area contributed by atoms with E-state index < -0.39 is 22.9 Å². The molecule has 8 heteroatoms. The lowest BCUT2D eigenvalue weighted by atomic mass is 10.2. The van der Waals surface area contributed by atoms with E-state index in [0.717, 1.165) is 19.4 Å². The van der Waals surface area contributed by atoms with Gasteiger partial charge in [0.2, 0.25) is 5.91 Å². The summed E-state index contributed by atoms with van der Waals surface area (Å²) >= 11 is 0. The van der Waals surface area contributed by atoms with E-state index in [2.05, 4.69) is 16.1 Å². The summed E-state index contributed by atoms with van der Waals surface area (Å²) in [6.07, 6.45) is 1.76. The van der Waals surface area contributed by atoms with Crippen molar-refractivity contribution in [3.05, 3.63) is 12.2 Å². The van der Waals surface area contributed by atoms with Crippen molar-refractivity contribution in [3.63, 3.8) is 0 Å². The molecule has 18 heavy (non-hydrogen) atoms. The molecule has 0 bridgehead atoms. The highest BCUT2D eigenvalue weighted by atomic mass is 32.3. The number of carbonyl (C=O) groups excluding carboxylic acids is 1. The zero-order valence-corrected chi connectivity index (χ0v) is 11.5. The zero-order chi connectivity index (χ0) is 14.2. The third kappa shape index (κ3) is 10.2. The standard InChI is InChI=1S/C10H20N2O5S/c1-9(8-17-18(14,15)16)10(13)11-6-4-5-7-12(2)3/h1,4-8H2,2-3H3,(H,11,13)(H,14,15,16). The molecular weight excluding hydrogens is 260 g/mol. The number of hydrogen-bond acceptors (Lipinski definition) is 5. The fraction of sp³-hybridized carbons (Fsp3) is 0.700. The van der Waals surface area contributed by atoms with Crippen molar-refractivity contribution in [2.45, 2.75) is 12.8 Å². The number of carbonyl (C=O) groups is 1. The second-order valence-electron chi connectivity index (χ2n) is 4.06. The summed E-state index contributed by atoms with van der Waals surface area (Å²) < 4.78 is 32.9. The Labute approximate surface area is 108 Å². The Morgan fingerprint density at radius 2 is 2.00 bits per heavy atom. The summed E-state index contributed by atoms with van der Waals surface area (Å²) in [4.78, 5) is 13.4. The lowest BCUT2D eigenvalue weighted by Crippen LogP contribution is -2.28. The van der Waals surface area contributed by atoms with Gasteiger partial charge >= 0.3 is 10.4 Å². The van der Waals surface area contributed by atoms with Crippen LogP contribution in [-0.2, 0) is 19.4 Å². The fourth-order valence-electron chi connectivity index (χ4n) is 1.09. The molecule has 0 saturated carbocycles. The average Bonchev–Trinajstić information content (AvgIpc) is 2.23. The van der Waals surface area contributed by atoms with Gasteiger partial charge < -0.3 is 10.2 Å². The highest BCUT2D eigenvalue weighted by Crippen LogP contribution is 1.96. The monoisotopic (exact) mass is 280 g/mol. The van der Waals surface area contributed by atoms with Crippen molar-refractivity contribution in [3.8, 4) is 0 Å². The minimum Gasteiger partial charge on any atom is -0.352 e. The van der Waals surface area contributed by atoms with E-state index in [1.165, 1.54) is 0 Å². The van der Waals surface area contributed by atoms with E-state index >= 15 is 0 Å². The average molecular weight is 280 g/mol. The molecule has 0 aromatic rings. The smallest absolute Gasteiger partial charge is 0.352 e. The molecule has 0 saturated heterocycles. The molecular formula is C10H20N2O5S. The molecule has 2 N–H and O–H groups in total. The quantitative estimate of drug-likeness (QED) is 0.345. The number of nitrogens with one attached hydrogen (secondary N) is 1. The Balaban J connectivity index is 3.72. The largest absolute Gasteiger partial charge is 0.397 e. The number of nitrogens with zero attached hydrogens (tertiary/aromatic N) is 1. The molecule has 0 aliphatic heterocycles. The van der Waals surface area contributed by atoms with Gasteiger partial charge in [-0.25, -0.2) is 4.18 Å². The maximum absolute atomic E-state index is 11.4. The number of unbranched alkanes of at least 4 members (excludes halogenated alkanes) is 1. The van der Waals surface area contributed by atoms with Crippen molar-refractivity contribution >= 4 is 16.3 Å². The Bertz CT molecular complexity index is 378. The van der Waals surface area contributed by atoms with Crippen molar-refractivity contribution < 1.29 is 21.9 Å². The summed E-state index contributed by atoms with van der Waals surface area (Å²) in [5, 5.41) is 2.58. The minimum absolute atomic E-state index is 0.0553. The second-order valence-corrected chi connectivity index (χ2v) is 5.15. The van der Waals surface area contributed by atoms with Gasteiger partial charge in [-0.2, -0.15) is 8.42 Å². The van der Waals surface area contributed by atoms with Crippen molar-refractivity contribution in [2.75, 3.05) is 33.8 Å². The lowest BCUT2D eigenvalue weighted by molar-refractivity contribution is -0.117. The Hall–Kier alpha value is -0.960. The first-order valence-corrected chi connectivity index (χ1v) is 6.81. The van der Waals surface area contributed by atoms with Crippen molar-refractivity contribution in [1.29, 1.82) is 0 Å². The zero-order valence-electron chi connectivity index (χ0n) is 10.7. The molecule has 0 aromatic heterocycles. The summed E-state index contributed by atoms with van der Waals surface area (Å²) in [7, 11) is -0.607. The highest BCUT2D eigenvalue weighted by molar-refractivity contribution is 7.80. The van der Waals surface area contributed by atoms with Gasteiger partial charge in [-0.1, -0.05) is 6.58 Å². The minimum atomic E-state index is -4.54. The van der Waals surface area contributed by atoms with Crippen LogP contribution in [0.25, 0.3) is 0 Å². The number of hydrogen-bond donors (Lipinski definition) is 2.